The second-order valence-electron chi connectivity index (χ2n) is 18.0. The molecule has 270 valence electrons. The maximum atomic E-state index is 12.8. The summed E-state index contributed by atoms with van der Waals surface area (Å²) < 4.78 is 6.12. The largest absolute Gasteiger partial charge is 0.462 e. The van der Waals surface area contributed by atoms with Gasteiger partial charge in [0.2, 0.25) is 0 Å². The number of unbranched alkanes of at least 4 members (excludes halogenated alkanes) is 11. The first kappa shape index (κ1) is 38.7. The maximum Gasteiger partial charge on any atom is 0.306 e. The molecule has 2 heteroatoms. The van der Waals surface area contributed by atoms with Gasteiger partial charge >= 0.3 is 5.97 Å². The lowest BCUT2D eigenvalue weighted by molar-refractivity contribution is -0.151. The lowest BCUT2D eigenvalue weighted by Crippen LogP contribution is -2.51. The number of rotatable bonds is 21. The van der Waals surface area contributed by atoms with Crippen LogP contribution in [0.4, 0.5) is 0 Å². The zero-order valence-electron chi connectivity index (χ0n) is 32.3. The van der Waals surface area contributed by atoms with Crippen LogP contribution in [0.15, 0.2) is 23.8 Å². The van der Waals surface area contributed by atoms with Crippen molar-refractivity contribution < 1.29 is 9.53 Å². The van der Waals surface area contributed by atoms with Gasteiger partial charge in [0.1, 0.15) is 6.10 Å². The molecule has 47 heavy (non-hydrogen) atoms. The maximum absolute atomic E-state index is 12.8. The Morgan fingerprint density at radius 1 is 0.809 bits per heavy atom. The third-order valence-corrected chi connectivity index (χ3v) is 14.2. The highest BCUT2D eigenvalue weighted by Crippen LogP contribution is 2.67. The number of carbonyl (C=O) groups excluding carboxylic acids is 1. The topological polar surface area (TPSA) is 26.3 Å². The van der Waals surface area contributed by atoms with Crippen molar-refractivity contribution in [2.24, 2.45) is 46.3 Å². The van der Waals surface area contributed by atoms with Crippen LogP contribution in [-0.2, 0) is 9.53 Å². The van der Waals surface area contributed by atoms with E-state index in [2.05, 4.69) is 59.8 Å². The van der Waals surface area contributed by atoms with Crippen molar-refractivity contribution in [2.45, 2.75) is 208 Å². The van der Waals surface area contributed by atoms with Crippen LogP contribution in [0.2, 0.25) is 0 Å². The van der Waals surface area contributed by atoms with Crippen LogP contribution in [0, 0.1) is 46.3 Å². The zero-order chi connectivity index (χ0) is 33.7. The van der Waals surface area contributed by atoms with E-state index in [1.54, 1.807) is 5.57 Å². The van der Waals surface area contributed by atoms with E-state index < -0.39 is 0 Å². The van der Waals surface area contributed by atoms with Crippen LogP contribution < -0.4 is 0 Å². The number of hydrogen-bond acceptors (Lipinski definition) is 2. The molecule has 0 saturated heterocycles. The van der Waals surface area contributed by atoms with E-state index in [4.69, 9.17) is 4.74 Å². The molecule has 4 unspecified atom stereocenters. The molecule has 0 heterocycles. The Kier molecular flexibility index (Phi) is 16.0. The molecule has 4 rings (SSSR count). The van der Waals surface area contributed by atoms with Gasteiger partial charge in [0.05, 0.1) is 0 Å². The molecule has 0 aromatic rings. The molecule has 0 aromatic carbocycles. The molecular formula is C45H78O2. The lowest BCUT2D eigenvalue weighted by Gasteiger charge is -2.58. The molecule has 0 spiro atoms. The molecule has 0 N–H and O–H groups in total. The number of carbonyl (C=O) groups is 1. The Bertz CT molecular complexity index is 976. The predicted molar refractivity (Wildman–Crippen MR) is 202 cm³/mol. The zero-order valence-corrected chi connectivity index (χ0v) is 32.3. The molecule has 0 aromatic heterocycles. The molecular weight excluding hydrogens is 572 g/mol. The second-order valence-corrected chi connectivity index (χ2v) is 18.0. The van der Waals surface area contributed by atoms with E-state index in [0.717, 1.165) is 67.6 Å². The molecule has 4 aliphatic carbocycles. The predicted octanol–water partition coefficient (Wildman–Crippen LogP) is 14.0. The van der Waals surface area contributed by atoms with Gasteiger partial charge in [0, 0.05) is 12.8 Å². The quantitative estimate of drug-likeness (QED) is 0.0702. The molecule has 4 aliphatic rings. The lowest BCUT2D eigenvalue weighted by atomic mass is 9.47. The summed E-state index contributed by atoms with van der Waals surface area (Å²) in [6.07, 6.45) is 39.5. The van der Waals surface area contributed by atoms with Crippen molar-refractivity contribution in [1.29, 1.82) is 0 Å². The molecule has 2 nitrogen and oxygen atoms in total. The van der Waals surface area contributed by atoms with Gasteiger partial charge < -0.3 is 4.74 Å². The smallest absolute Gasteiger partial charge is 0.306 e. The van der Waals surface area contributed by atoms with E-state index in [1.807, 2.05) is 0 Å². The fourth-order valence-corrected chi connectivity index (χ4v) is 11.3. The average Bonchev–Trinajstić information content (AvgIpc) is 3.40. The Balaban J connectivity index is 1.12. The molecule has 0 radical (unpaired) electrons. The highest BCUT2D eigenvalue weighted by molar-refractivity contribution is 5.69. The number of ether oxygens (including phenoxy) is 1. The van der Waals surface area contributed by atoms with Crippen LogP contribution >= 0.6 is 0 Å². The van der Waals surface area contributed by atoms with Gasteiger partial charge in [-0.3, -0.25) is 4.79 Å². The minimum absolute atomic E-state index is 0.0412. The van der Waals surface area contributed by atoms with Crippen molar-refractivity contribution in [3.05, 3.63) is 23.8 Å². The SMILES string of the molecule is CCCCCCCCCCCC=CCCCCC(=O)OC1CC[C@@]2(C)C(=CCC3C2CC[C@@]2(C)C3CC[C@@H]2[C@H](C)CCCC(C)C)C1. The van der Waals surface area contributed by atoms with Crippen LogP contribution in [0.25, 0.3) is 0 Å². The van der Waals surface area contributed by atoms with Gasteiger partial charge in [0.25, 0.3) is 0 Å². The van der Waals surface area contributed by atoms with Crippen molar-refractivity contribution >= 4 is 5.97 Å². The fourth-order valence-electron chi connectivity index (χ4n) is 11.3. The molecule has 0 bridgehead atoms. The molecule has 0 amide bonds. The molecule has 0 aliphatic heterocycles. The van der Waals surface area contributed by atoms with Crippen LogP contribution in [-0.4, -0.2) is 12.1 Å². The van der Waals surface area contributed by atoms with Gasteiger partial charge in [-0.2, -0.15) is 0 Å². The van der Waals surface area contributed by atoms with Crippen molar-refractivity contribution in [1.82, 2.24) is 0 Å². The summed E-state index contributed by atoms with van der Waals surface area (Å²) in [7, 11) is 0. The number of hydrogen-bond donors (Lipinski definition) is 0. The summed E-state index contributed by atoms with van der Waals surface area (Å²) >= 11 is 0. The summed E-state index contributed by atoms with van der Waals surface area (Å²) in [5, 5.41) is 0. The molecule has 3 saturated carbocycles. The van der Waals surface area contributed by atoms with Crippen LogP contribution in [0.3, 0.4) is 0 Å². The summed E-state index contributed by atoms with van der Waals surface area (Å²) in [4.78, 5) is 12.8. The van der Waals surface area contributed by atoms with Crippen LogP contribution in [0.5, 0.6) is 0 Å². The number of allylic oxidation sites excluding steroid dienone is 3. The van der Waals surface area contributed by atoms with E-state index >= 15 is 0 Å². The minimum Gasteiger partial charge on any atom is -0.462 e. The van der Waals surface area contributed by atoms with Crippen LogP contribution in [0.1, 0.15) is 202 Å². The normalized spacial score (nSPS) is 32.6. The first-order valence-corrected chi connectivity index (χ1v) is 21.2. The first-order valence-electron chi connectivity index (χ1n) is 21.2. The van der Waals surface area contributed by atoms with Crippen molar-refractivity contribution in [3.63, 3.8) is 0 Å². The number of esters is 1. The van der Waals surface area contributed by atoms with Gasteiger partial charge in [-0.1, -0.05) is 136 Å². The van der Waals surface area contributed by atoms with E-state index in [-0.39, 0.29) is 12.1 Å². The highest BCUT2D eigenvalue weighted by atomic mass is 16.5. The standard InChI is InChI=1S/C45H78O2/c1-7-8-9-10-11-12-13-14-15-16-17-18-19-20-21-25-43(46)47-38-30-32-44(5)37(34-38)26-27-39-41-29-28-40(36(4)24-22-23-35(2)3)45(41,6)33-31-42(39)44/h17-18,26,35-36,38-42H,7-16,19-25,27-34H2,1-6H3/t36-,38?,39?,40-,41?,42?,44+,45-/m1/s1. The fraction of sp³-hybridized carbons (Fsp3) is 0.889. The molecule has 8 atom stereocenters. The third-order valence-electron chi connectivity index (χ3n) is 14.2. The Morgan fingerprint density at radius 3 is 2.19 bits per heavy atom. The van der Waals surface area contributed by atoms with E-state index in [1.165, 1.54) is 122 Å². The summed E-state index contributed by atoms with van der Waals surface area (Å²) in [5.74, 6) is 5.29. The van der Waals surface area contributed by atoms with Crippen molar-refractivity contribution in [3.8, 4) is 0 Å². The van der Waals surface area contributed by atoms with Gasteiger partial charge in [-0.05, 0) is 123 Å². The third kappa shape index (κ3) is 10.7. The van der Waals surface area contributed by atoms with Gasteiger partial charge in [-0.25, -0.2) is 0 Å². The van der Waals surface area contributed by atoms with E-state index in [0.29, 0.717) is 17.3 Å². The van der Waals surface area contributed by atoms with Gasteiger partial charge in [0.15, 0.2) is 0 Å². The summed E-state index contributed by atoms with van der Waals surface area (Å²) in [6, 6.07) is 0. The Morgan fingerprint density at radius 2 is 1.49 bits per heavy atom. The number of fused-ring (bicyclic) bond motifs is 5. The Hall–Kier alpha value is -1.05. The second kappa shape index (κ2) is 19.4. The highest BCUT2D eigenvalue weighted by Gasteiger charge is 2.59. The van der Waals surface area contributed by atoms with E-state index in [9.17, 15) is 4.79 Å². The summed E-state index contributed by atoms with van der Waals surface area (Å²) in [6.45, 7) is 14.9. The van der Waals surface area contributed by atoms with Crippen molar-refractivity contribution in [2.75, 3.05) is 0 Å². The van der Waals surface area contributed by atoms with Gasteiger partial charge in [-0.15, -0.1) is 0 Å². The first-order chi connectivity index (χ1) is 22.7. The summed E-state index contributed by atoms with van der Waals surface area (Å²) in [5.41, 5.74) is 2.52. The molecule has 3 fully saturated rings. The monoisotopic (exact) mass is 651 g/mol. The Labute approximate surface area is 293 Å². The average molecular weight is 651 g/mol. The minimum atomic E-state index is 0.0412.